The first-order chi connectivity index (χ1) is 13.6. The fraction of sp³-hybridized carbons (Fsp3) is 0.238. The molecule has 0 saturated heterocycles. The quantitative estimate of drug-likeness (QED) is 0.672. The molecule has 4 rings (SSSR count). The molecule has 1 heterocycles. The van der Waals surface area contributed by atoms with Crippen LogP contribution in [0.5, 0.6) is 5.75 Å². The van der Waals surface area contributed by atoms with E-state index in [0.717, 1.165) is 25.0 Å². The topological polar surface area (TPSA) is 67.0 Å². The molecule has 5 nitrogen and oxygen atoms in total. The lowest BCUT2D eigenvalue weighted by Crippen LogP contribution is -2.26. The molecule has 1 saturated carbocycles. The van der Waals surface area contributed by atoms with Crippen molar-refractivity contribution in [3.63, 3.8) is 0 Å². The van der Waals surface area contributed by atoms with E-state index in [1.807, 2.05) is 0 Å². The molecule has 1 aliphatic carbocycles. The van der Waals surface area contributed by atoms with Gasteiger partial charge in [0.2, 0.25) is 0 Å². The number of rotatable bonds is 6. The molecule has 0 aliphatic heterocycles. The zero-order chi connectivity index (χ0) is 19.7. The first-order valence-corrected chi connectivity index (χ1v) is 9.03. The number of fused-ring (bicyclic) bond motifs is 1. The monoisotopic (exact) mass is 383 g/mol. The third-order valence-electron chi connectivity index (χ3n) is 4.78. The van der Waals surface area contributed by atoms with Gasteiger partial charge in [0, 0.05) is 6.54 Å². The fourth-order valence-corrected chi connectivity index (χ4v) is 3.06. The molecule has 28 heavy (non-hydrogen) atoms. The summed E-state index contributed by atoms with van der Waals surface area (Å²) in [6.07, 6.45) is 5.59. The summed E-state index contributed by atoms with van der Waals surface area (Å²) < 4.78 is 32.0. The first kappa shape index (κ1) is 18.2. The highest BCUT2D eigenvalue weighted by Gasteiger charge is 2.24. The van der Waals surface area contributed by atoms with Gasteiger partial charge in [-0.15, -0.1) is 0 Å². The third-order valence-corrected chi connectivity index (χ3v) is 4.78. The lowest BCUT2D eigenvalue weighted by molar-refractivity contribution is 0.0949. The van der Waals surface area contributed by atoms with Crippen molar-refractivity contribution in [2.24, 2.45) is 5.92 Å². The lowest BCUT2D eigenvalue weighted by atomic mass is 10.1. The lowest BCUT2D eigenvalue weighted by Gasteiger charge is -2.10. The summed E-state index contributed by atoms with van der Waals surface area (Å²) >= 11 is 0. The van der Waals surface area contributed by atoms with Crippen molar-refractivity contribution in [1.82, 2.24) is 15.5 Å². The van der Waals surface area contributed by atoms with Crippen LogP contribution in [-0.4, -0.2) is 29.8 Å². The maximum Gasteiger partial charge on any atom is 0.255 e. The van der Waals surface area contributed by atoms with Crippen molar-refractivity contribution < 1.29 is 18.3 Å². The van der Waals surface area contributed by atoms with E-state index in [1.165, 1.54) is 13.2 Å². The summed E-state index contributed by atoms with van der Waals surface area (Å²) in [6.45, 7) is 0.661. The van der Waals surface area contributed by atoms with E-state index in [-0.39, 0.29) is 5.91 Å². The Morgan fingerprint density at radius 2 is 2.07 bits per heavy atom. The highest BCUT2D eigenvalue weighted by atomic mass is 19.2. The van der Waals surface area contributed by atoms with Gasteiger partial charge >= 0.3 is 0 Å². The van der Waals surface area contributed by atoms with Gasteiger partial charge < -0.3 is 10.1 Å². The maximum absolute atomic E-state index is 13.4. The molecule has 3 aromatic rings. The molecule has 1 aromatic heterocycles. The number of halogens is 2. The van der Waals surface area contributed by atoms with Gasteiger partial charge in [-0.25, -0.2) is 8.78 Å². The van der Waals surface area contributed by atoms with E-state index in [0.29, 0.717) is 45.9 Å². The Morgan fingerprint density at radius 3 is 2.79 bits per heavy atom. The minimum atomic E-state index is -0.916. The Morgan fingerprint density at radius 1 is 1.25 bits per heavy atom. The molecule has 2 aromatic carbocycles. The second-order valence-corrected chi connectivity index (χ2v) is 6.84. The molecular weight excluding hydrogens is 364 g/mol. The molecule has 1 aliphatic rings. The van der Waals surface area contributed by atoms with Crippen LogP contribution in [0.15, 0.2) is 30.3 Å². The molecule has 0 bridgehead atoms. The zero-order valence-corrected chi connectivity index (χ0v) is 15.3. The summed E-state index contributed by atoms with van der Waals surface area (Å²) in [5, 5.41) is 10.7. The maximum atomic E-state index is 13.4. The smallest absolute Gasteiger partial charge is 0.255 e. The van der Waals surface area contributed by atoms with Gasteiger partial charge in [-0.05, 0) is 54.7 Å². The van der Waals surface area contributed by atoms with Crippen LogP contribution in [0.1, 0.15) is 34.5 Å². The van der Waals surface area contributed by atoms with Crippen LogP contribution in [0.3, 0.4) is 0 Å². The van der Waals surface area contributed by atoms with Gasteiger partial charge in [0.1, 0.15) is 5.75 Å². The minimum absolute atomic E-state index is 0.192. The second-order valence-electron chi connectivity index (χ2n) is 6.84. The Bertz CT molecular complexity index is 1070. The Balaban J connectivity index is 1.68. The predicted octanol–water partition coefficient (Wildman–Crippen LogP) is 4.16. The van der Waals surface area contributed by atoms with Crippen LogP contribution in [0.25, 0.3) is 23.1 Å². The molecule has 2 N–H and O–H groups in total. The number of amides is 1. The van der Waals surface area contributed by atoms with Crippen molar-refractivity contribution >= 4 is 29.0 Å². The van der Waals surface area contributed by atoms with Crippen molar-refractivity contribution in [3.05, 3.63) is 58.8 Å². The summed E-state index contributed by atoms with van der Waals surface area (Å²) in [6, 6.07) is 7.11. The van der Waals surface area contributed by atoms with Gasteiger partial charge in [0.15, 0.2) is 11.6 Å². The standard InChI is InChI=1S/C21H19F2N3O2/c1-28-20-14(21(27)24-11-13-2-3-13)6-9-18-19(20)17(25-26-18)8-5-12-4-7-15(22)16(23)10-12/h4-10,13H,2-3,11H2,1H3,(H,24,27)(H,25,26)/b8-5+. The largest absolute Gasteiger partial charge is 0.495 e. The van der Waals surface area contributed by atoms with E-state index in [2.05, 4.69) is 15.5 Å². The molecule has 0 radical (unpaired) electrons. The van der Waals surface area contributed by atoms with E-state index >= 15 is 0 Å². The summed E-state index contributed by atoms with van der Waals surface area (Å²) in [7, 11) is 1.50. The van der Waals surface area contributed by atoms with Crippen molar-refractivity contribution in [1.29, 1.82) is 0 Å². The number of nitrogens with zero attached hydrogens (tertiary/aromatic N) is 1. The van der Waals surface area contributed by atoms with Crippen LogP contribution in [0.4, 0.5) is 8.78 Å². The Kier molecular flexibility index (Phi) is 4.81. The van der Waals surface area contributed by atoms with Gasteiger partial charge in [-0.3, -0.25) is 9.89 Å². The fourth-order valence-electron chi connectivity index (χ4n) is 3.06. The number of benzene rings is 2. The number of carbonyl (C=O) groups is 1. The number of methoxy groups -OCH3 is 1. The Labute approximate surface area is 160 Å². The number of aromatic nitrogens is 2. The van der Waals surface area contributed by atoms with Crippen LogP contribution in [0, 0.1) is 17.6 Å². The van der Waals surface area contributed by atoms with E-state index in [4.69, 9.17) is 4.74 Å². The summed E-state index contributed by atoms with van der Waals surface area (Å²) in [5.74, 6) is -1.01. The van der Waals surface area contributed by atoms with Gasteiger partial charge in [0.25, 0.3) is 5.91 Å². The van der Waals surface area contributed by atoms with Crippen molar-refractivity contribution in [2.45, 2.75) is 12.8 Å². The van der Waals surface area contributed by atoms with Crippen molar-refractivity contribution in [3.8, 4) is 5.75 Å². The van der Waals surface area contributed by atoms with Gasteiger partial charge in [-0.1, -0.05) is 12.1 Å². The van der Waals surface area contributed by atoms with Crippen LogP contribution < -0.4 is 10.1 Å². The number of aromatic amines is 1. The Hall–Kier alpha value is -3.22. The number of nitrogens with one attached hydrogen (secondary N) is 2. The van der Waals surface area contributed by atoms with E-state index < -0.39 is 11.6 Å². The molecule has 1 fully saturated rings. The van der Waals surface area contributed by atoms with E-state index in [1.54, 1.807) is 24.3 Å². The van der Waals surface area contributed by atoms with Crippen LogP contribution in [0.2, 0.25) is 0 Å². The van der Waals surface area contributed by atoms with Crippen LogP contribution >= 0.6 is 0 Å². The molecule has 0 atom stereocenters. The molecule has 0 spiro atoms. The molecule has 1 amide bonds. The third kappa shape index (κ3) is 3.60. The molecule has 7 heteroatoms. The number of H-pyrrole nitrogens is 1. The molecule has 144 valence electrons. The molecule has 0 unspecified atom stereocenters. The summed E-state index contributed by atoms with van der Waals surface area (Å²) in [4.78, 5) is 12.6. The first-order valence-electron chi connectivity index (χ1n) is 9.03. The average molecular weight is 383 g/mol. The number of hydrogen-bond acceptors (Lipinski definition) is 3. The summed E-state index contributed by atoms with van der Waals surface area (Å²) in [5.41, 5.74) is 2.17. The number of carbonyl (C=O) groups excluding carboxylic acids is 1. The van der Waals surface area contributed by atoms with Gasteiger partial charge in [-0.2, -0.15) is 5.10 Å². The number of hydrogen-bond donors (Lipinski definition) is 2. The van der Waals surface area contributed by atoms with Crippen molar-refractivity contribution in [2.75, 3.05) is 13.7 Å². The highest BCUT2D eigenvalue weighted by Crippen LogP contribution is 2.33. The average Bonchev–Trinajstić information content (AvgIpc) is 3.44. The highest BCUT2D eigenvalue weighted by molar-refractivity contribution is 6.05. The zero-order valence-electron chi connectivity index (χ0n) is 15.3. The minimum Gasteiger partial charge on any atom is -0.495 e. The van der Waals surface area contributed by atoms with Gasteiger partial charge in [0.05, 0.1) is 29.3 Å². The number of ether oxygens (including phenoxy) is 1. The van der Waals surface area contributed by atoms with Crippen LogP contribution in [-0.2, 0) is 0 Å². The molecular formula is C21H19F2N3O2. The second kappa shape index (κ2) is 7.42. The predicted molar refractivity (Wildman–Crippen MR) is 103 cm³/mol. The normalized spacial score (nSPS) is 14.0. The SMILES string of the molecule is COc1c(C(=O)NCC2CC2)ccc2[nH]nc(/C=C/c3ccc(F)c(F)c3)c12. The van der Waals surface area contributed by atoms with E-state index in [9.17, 15) is 13.6 Å².